The van der Waals surface area contributed by atoms with Crippen LogP contribution in [0, 0.1) is 0 Å². The third-order valence-electron chi connectivity index (χ3n) is 6.06. The molecule has 0 radical (unpaired) electrons. The number of amidine groups is 1. The summed E-state index contributed by atoms with van der Waals surface area (Å²) in [5.41, 5.74) is 6.91. The molecule has 4 rings (SSSR count). The number of halogens is 1. The number of thiophene rings is 1. The molecule has 0 spiro atoms. The van der Waals surface area contributed by atoms with E-state index in [9.17, 15) is 18.0 Å². The first-order valence-corrected chi connectivity index (χ1v) is 13.7. The standard InChI is InChI=1S/C24H25ClN4O5S2/c1-27-23(26)15-3-5-16(6-4-15)24(31)29-10-9-28(14-19(29)13-21(30)34-2)36(32,33)22-11-17-7-8-18(25)12-20(17)35-22/h3-8,11-12,19H,9-10,13-14H2,1-2H3,(H2,26,27). The minimum atomic E-state index is -3.85. The molecule has 9 nitrogen and oxygen atoms in total. The third kappa shape index (κ3) is 5.24. The number of carbonyl (C=O) groups excluding carboxylic acids is 2. The lowest BCUT2D eigenvalue weighted by Gasteiger charge is -2.40. The molecule has 1 aliphatic heterocycles. The quantitative estimate of drug-likeness (QED) is 0.287. The lowest BCUT2D eigenvalue weighted by Crippen LogP contribution is -2.57. The fourth-order valence-electron chi connectivity index (χ4n) is 4.08. The summed E-state index contributed by atoms with van der Waals surface area (Å²) in [4.78, 5) is 30.9. The molecule has 2 N–H and O–H groups in total. The van der Waals surface area contributed by atoms with Crippen LogP contribution in [0.1, 0.15) is 22.3 Å². The number of rotatable bonds is 6. The van der Waals surface area contributed by atoms with Gasteiger partial charge in [0.25, 0.3) is 15.9 Å². The van der Waals surface area contributed by atoms with E-state index in [1.165, 1.54) is 16.3 Å². The minimum Gasteiger partial charge on any atom is -0.469 e. The van der Waals surface area contributed by atoms with E-state index < -0.39 is 22.0 Å². The predicted molar refractivity (Wildman–Crippen MR) is 140 cm³/mol. The fraction of sp³-hybridized carbons (Fsp3) is 0.292. The number of hydrogen-bond donors (Lipinski definition) is 1. The molecule has 0 aliphatic carbocycles. The number of methoxy groups -OCH3 is 1. The molecule has 0 saturated carbocycles. The number of nitrogens with zero attached hydrogens (tertiary/aromatic N) is 3. The van der Waals surface area contributed by atoms with Crippen molar-refractivity contribution in [2.24, 2.45) is 10.7 Å². The average Bonchev–Trinajstić information content (AvgIpc) is 3.32. The molecular formula is C24H25ClN4O5S2. The van der Waals surface area contributed by atoms with Gasteiger partial charge in [-0.15, -0.1) is 11.3 Å². The summed E-state index contributed by atoms with van der Waals surface area (Å²) in [6, 6.07) is 12.8. The summed E-state index contributed by atoms with van der Waals surface area (Å²) in [6.07, 6.45) is -0.135. The summed E-state index contributed by atoms with van der Waals surface area (Å²) in [6.45, 7) is 0.177. The number of piperazine rings is 1. The topological polar surface area (TPSA) is 122 Å². The van der Waals surface area contributed by atoms with Crippen molar-refractivity contribution in [1.29, 1.82) is 0 Å². The Balaban J connectivity index is 1.59. The predicted octanol–water partition coefficient (Wildman–Crippen LogP) is 2.97. The number of aliphatic imine (C=N–C) groups is 1. The smallest absolute Gasteiger partial charge is 0.307 e. The number of nitrogens with two attached hydrogens (primary N) is 1. The van der Waals surface area contributed by atoms with E-state index in [1.807, 2.05) is 0 Å². The van der Waals surface area contributed by atoms with Gasteiger partial charge >= 0.3 is 5.97 Å². The first kappa shape index (κ1) is 26.1. The maximum absolute atomic E-state index is 13.5. The Morgan fingerprint density at radius 1 is 1.14 bits per heavy atom. The molecular weight excluding hydrogens is 524 g/mol. The van der Waals surface area contributed by atoms with Gasteiger partial charge in [-0.25, -0.2) is 8.42 Å². The van der Waals surface area contributed by atoms with E-state index in [-0.39, 0.29) is 36.2 Å². The second-order valence-corrected chi connectivity index (χ2v) is 11.9. The zero-order valence-electron chi connectivity index (χ0n) is 19.7. The number of fused-ring (bicyclic) bond motifs is 1. The Labute approximate surface area is 218 Å². The molecule has 190 valence electrons. The molecule has 1 unspecified atom stereocenters. The molecule has 1 fully saturated rings. The monoisotopic (exact) mass is 548 g/mol. The summed E-state index contributed by atoms with van der Waals surface area (Å²) in [5.74, 6) is -0.494. The number of amides is 1. The summed E-state index contributed by atoms with van der Waals surface area (Å²) < 4.78 is 34.0. The van der Waals surface area contributed by atoms with Crippen LogP contribution in [0.4, 0.5) is 0 Å². The first-order chi connectivity index (χ1) is 17.1. The zero-order valence-corrected chi connectivity index (χ0v) is 22.1. The Bertz CT molecular complexity index is 1440. The number of benzene rings is 2. The molecule has 1 saturated heterocycles. The van der Waals surface area contributed by atoms with Gasteiger partial charge in [0.1, 0.15) is 10.0 Å². The second-order valence-electron chi connectivity index (χ2n) is 8.23. The van der Waals surface area contributed by atoms with Crippen molar-refractivity contribution in [3.05, 3.63) is 64.7 Å². The van der Waals surface area contributed by atoms with Crippen molar-refractivity contribution in [3.8, 4) is 0 Å². The van der Waals surface area contributed by atoms with Gasteiger partial charge in [0.15, 0.2) is 0 Å². The van der Waals surface area contributed by atoms with Crippen LogP contribution >= 0.6 is 22.9 Å². The highest BCUT2D eigenvalue weighted by atomic mass is 35.5. The van der Waals surface area contributed by atoms with Gasteiger partial charge in [0, 0.05) is 47.5 Å². The highest BCUT2D eigenvalue weighted by molar-refractivity contribution is 7.91. The second kappa shape index (κ2) is 10.6. The first-order valence-electron chi connectivity index (χ1n) is 11.0. The van der Waals surface area contributed by atoms with Gasteiger partial charge in [-0.2, -0.15) is 4.31 Å². The SMILES string of the molecule is CN=C(N)c1ccc(C(=O)N2CCN(S(=O)(=O)c3cc4ccc(Cl)cc4s3)CC2CC(=O)OC)cc1. The lowest BCUT2D eigenvalue weighted by molar-refractivity contribution is -0.142. The van der Waals surface area contributed by atoms with Crippen molar-refractivity contribution in [2.45, 2.75) is 16.7 Å². The van der Waals surface area contributed by atoms with Gasteiger partial charge in [-0.3, -0.25) is 14.6 Å². The third-order valence-corrected chi connectivity index (χ3v) is 9.71. The maximum Gasteiger partial charge on any atom is 0.307 e. The van der Waals surface area contributed by atoms with Crippen LogP contribution in [-0.2, 0) is 19.6 Å². The van der Waals surface area contributed by atoms with E-state index >= 15 is 0 Å². The van der Waals surface area contributed by atoms with Crippen molar-refractivity contribution in [2.75, 3.05) is 33.8 Å². The summed E-state index contributed by atoms with van der Waals surface area (Å²) >= 11 is 7.19. The molecule has 2 heterocycles. The van der Waals surface area contributed by atoms with E-state index in [0.717, 1.165) is 21.4 Å². The zero-order chi connectivity index (χ0) is 26.0. The molecule has 36 heavy (non-hydrogen) atoms. The van der Waals surface area contributed by atoms with Gasteiger partial charge in [-0.1, -0.05) is 29.8 Å². The van der Waals surface area contributed by atoms with E-state index in [0.29, 0.717) is 22.0 Å². The van der Waals surface area contributed by atoms with Crippen LogP contribution in [0.2, 0.25) is 5.02 Å². The Morgan fingerprint density at radius 3 is 2.50 bits per heavy atom. The fourth-order valence-corrected chi connectivity index (χ4v) is 7.37. The molecule has 3 aromatic rings. The summed E-state index contributed by atoms with van der Waals surface area (Å²) in [7, 11) is -1.02. The van der Waals surface area contributed by atoms with E-state index in [4.69, 9.17) is 22.1 Å². The Morgan fingerprint density at radius 2 is 1.83 bits per heavy atom. The molecule has 2 aromatic carbocycles. The van der Waals surface area contributed by atoms with Crippen LogP contribution in [0.3, 0.4) is 0 Å². The van der Waals surface area contributed by atoms with Gasteiger partial charge in [-0.05, 0) is 35.7 Å². The number of carbonyl (C=O) groups is 2. The van der Waals surface area contributed by atoms with Crippen LogP contribution in [0.15, 0.2) is 57.7 Å². The van der Waals surface area contributed by atoms with Gasteiger partial charge < -0.3 is 15.4 Å². The normalized spacial score (nSPS) is 17.4. The van der Waals surface area contributed by atoms with Crippen molar-refractivity contribution in [1.82, 2.24) is 9.21 Å². The molecule has 1 atom stereocenters. The molecule has 1 aromatic heterocycles. The number of sulfonamides is 1. The van der Waals surface area contributed by atoms with Crippen molar-refractivity contribution >= 4 is 60.8 Å². The Hall–Kier alpha value is -2.99. The van der Waals surface area contributed by atoms with Crippen LogP contribution in [0.5, 0.6) is 0 Å². The van der Waals surface area contributed by atoms with Gasteiger partial charge in [0.05, 0.1) is 19.6 Å². The van der Waals surface area contributed by atoms with Crippen molar-refractivity contribution < 1.29 is 22.7 Å². The van der Waals surface area contributed by atoms with E-state index in [2.05, 4.69) is 4.99 Å². The number of hydrogen-bond acceptors (Lipinski definition) is 7. The molecule has 1 amide bonds. The lowest BCUT2D eigenvalue weighted by atomic mass is 10.1. The highest BCUT2D eigenvalue weighted by Crippen LogP contribution is 2.33. The highest BCUT2D eigenvalue weighted by Gasteiger charge is 2.38. The number of ether oxygens (including phenoxy) is 1. The van der Waals surface area contributed by atoms with E-state index in [1.54, 1.807) is 55.6 Å². The maximum atomic E-state index is 13.5. The molecule has 0 bridgehead atoms. The summed E-state index contributed by atoms with van der Waals surface area (Å²) in [5, 5.41) is 1.30. The van der Waals surface area contributed by atoms with Crippen LogP contribution in [0.25, 0.3) is 10.1 Å². The van der Waals surface area contributed by atoms with Crippen molar-refractivity contribution in [3.63, 3.8) is 0 Å². The van der Waals surface area contributed by atoms with Crippen LogP contribution in [-0.4, -0.2) is 75.2 Å². The average molecular weight is 549 g/mol. The Kier molecular flexibility index (Phi) is 7.65. The van der Waals surface area contributed by atoms with Gasteiger partial charge in [0.2, 0.25) is 0 Å². The number of esters is 1. The van der Waals surface area contributed by atoms with Crippen LogP contribution < -0.4 is 5.73 Å². The largest absolute Gasteiger partial charge is 0.469 e. The molecule has 1 aliphatic rings. The molecule has 12 heteroatoms. The minimum absolute atomic E-state index is 0.0360.